The maximum atomic E-state index is 6.96. The number of para-hydroxylation sites is 5. The molecule has 7 nitrogen and oxygen atoms in total. The molecule has 7 heteroatoms. The maximum absolute atomic E-state index is 6.96. The predicted octanol–water partition coefficient (Wildman–Crippen LogP) is 15.5. The molecule has 306 valence electrons. The first-order valence-electron chi connectivity index (χ1n) is 22.2. The van der Waals surface area contributed by atoms with Crippen LogP contribution in [-0.4, -0.2) is 24.1 Å². The highest BCUT2D eigenvalue weighted by Gasteiger charge is 2.25. The normalized spacial score (nSPS) is 12.2. The van der Waals surface area contributed by atoms with Gasteiger partial charge in [-0.2, -0.15) is 9.97 Å². The lowest BCUT2D eigenvalue weighted by atomic mass is 10.0. The van der Waals surface area contributed by atoms with Gasteiger partial charge in [0.25, 0.3) is 0 Å². The number of hydrogen-bond acceptors (Lipinski definition) is 5. The summed E-state index contributed by atoms with van der Waals surface area (Å²) < 4.78 is 18.2. The fraction of sp³-hybridized carbons (Fsp3) is 0. The van der Waals surface area contributed by atoms with Crippen molar-refractivity contribution in [2.45, 2.75) is 0 Å². The molecule has 5 heterocycles. The average molecular weight is 844 g/mol. The van der Waals surface area contributed by atoms with Gasteiger partial charge in [0.1, 0.15) is 22.3 Å². The van der Waals surface area contributed by atoms with Crippen LogP contribution in [0.3, 0.4) is 0 Å². The Morgan fingerprint density at radius 3 is 1.62 bits per heavy atom. The summed E-state index contributed by atoms with van der Waals surface area (Å²) >= 11 is 0. The third-order valence-electron chi connectivity index (χ3n) is 13.6. The van der Waals surface area contributed by atoms with Crippen molar-refractivity contribution < 1.29 is 8.83 Å². The Morgan fingerprint density at radius 1 is 0.303 bits per heavy atom. The summed E-state index contributed by atoms with van der Waals surface area (Å²) in [6.45, 7) is 0. The molecule has 0 bridgehead atoms. The Labute approximate surface area is 375 Å². The summed E-state index contributed by atoms with van der Waals surface area (Å²) in [5.74, 6) is 1.52. The number of hydrogen-bond donors (Lipinski definition) is 0. The lowest BCUT2D eigenvalue weighted by Crippen LogP contribution is -2.08. The van der Waals surface area contributed by atoms with Gasteiger partial charge in [-0.05, 0) is 70.8 Å². The standard InChI is InChI=1S/C59H33N5O2/c1-2-16-36-31-51-45(30-35(36)15-1)40-20-7-9-24-48(40)63(51)52-33-54-46(43-29-28-34-14-3-4-17-37(34)55(43)66-54)32-47(52)58-60-57(44-23-13-22-42-41-21-8-12-27-53(41)65-56(42)44)61-59(62-58)64-49-25-10-5-18-38(49)39-19-6-11-26-50(39)64/h1-33H. The largest absolute Gasteiger partial charge is 0.455 e. The van der Waals surface area contributed by atoms with Crippen molar-refractivity contribution in [3.63, 3.8) is 0 Å². The first-order chi connectivity index (χ1) is 32.7. The third kappa shape index (κ3) is 4.93. The second-order valence-corrected chi connectivity index (χ2v) is 17.1. The highest BCUT2D eigenvalue weighted by Crippen LogP contribution is 2.44. The molecule has 0 aliphatic carbocycles. The maximum Gasteiger partial charge on any atom is 0.238 e. The number of aromatic nitrogens is 5. The molecule has 15 rings (SSSR count). The Kier molecular flexibility index (Phi) is 7.10. The molecule has 5 aromatic heterocycles. The summed E-state index contributed by atoms with van der Waals surface area (Å²) in [7, 11) is 0. The molecule has 0 atom stereocenters. The van der Waals surface area contributed by atoms with E-state index in [1.54, 1.807) is 0 Å². The summed E-state index contributed by atoms with van der Waals surface area (Å²) in [4.78, 5) is 16.5. The van der Waals surface area contributed by atoms with E-state index >= 15 is 0 Å². The number of furan rings is 2. The molecule has 0 fully saturated rings. The van der Waals surface area contributed by atoms with Crippen LogP contribution in [0.2, 0.25) is 0 Å². The Hall–Kier alpha value is -9.07. The van der Waals surface area contributed by atoms with E-state index in [1.165, 1.54) is 5.39 Å². The Balaban J connectivity index is 1.11. The molecular formula is C59H33N5O2. The van der Waals surface area contributed by atoms with Gasteiger partial charge in [-0.1, -0.05) is 140 Å². The quantitative estimate of drug-likeness (QED) is 0.176. The fourth-order valence-corrected chi connectivity index (χ4v) is 10.6. The molecule has 0 spiro atoms. The first-order valence-corrected chi connectivity index (χ1v) is 22.2. The van der Waals surface area contributed by atoms with Gasteiger partial charge in [0.2, 0.25) is 5.95 Å². The molecular weight excluding hydrogens is 811 g/mol. The van der Waals surface area contributed by atoms with Crippen LogP contribution in [0.25, 0.3) is 143 Å². The minimum atomic E-state index is 0.503. The molecule has 0 amide bonds. The molecule has 0 unspecified atom stereocenters. The van der Waals surface area contributed by atoms with Crippen molar-refractivity contribution in [1.29, 1.82) is 0 Å². The Morgan fingerprint density at radius 2 is 0.864 bits per heavy atom. The van der Waals surface area contributed by atoms with Crippen molar-refractivity contribution in [1.82, 2.24) is 24.1 Å². The van der Waals surface area contributed by atoms with Crippen LogP contribution in [0.5, 0.6) is 0 Å². The minimum absolute atomic E-state index is 0.503. The van der Waals surface area contributed by atoms with E-state index in [2.05, 4.69) is 191 Å². The van der Waals surface area contributed by atoms with Crippen molar-refractivity contribution in [2.75, 3.05) is 0 Å². The lowest BCUT2D eigenvalue weighted by molar-refractivity contribution is 0.669. The second kappa shape index (κ2) is 13.2. The van der Waals surface area contributed by atoms with Gasteiger partial charge >= 0.3 is 0 Å². The zero-order chi connectivity index (χ0) is 43.0. The molecule has 0 aliphatic rings. The summed E-state index contributed by atoms with van der Waals surface area (Å²) in [6, 6.07) is 70.3. The summed E-state index contributed by atoms with van der Waals surface area (Å²) in [6.07, 6.45) is 0. The van der Waals surface area contributed by atoms with Crippen LogP contribution in [0, 0.1) is 0 Å². The fourth-order valence-electron chi connectivity index (χ4n) is 10.6. The van der Waals surface area contributed by atoms with Crippen molar-refractivity contribution in [3.8, 4) is 34.4 Å². The predicted molar refractivity (Wildman–Crippen MR) is 269 cm³/mol. The average Bonchev–Trinajstić information content (AvgIpc) is 4.13. The topological polar surface area (TPSA) is 74.8 Å². The molecule has 0 aliphatic heterocycles. The third-order valence-corrected chi connectivity index (χ3v) is 13.6. The van der Waals surface area contributed by atoms with Gasteiger partial charge < -0.3 is 13.4 Å². The van der Waals surface area contributed by atoms with E-state index in [0.29, 0.717) is 17.6 Å². The molecule has 0 radical (unpaired) electrons. The molecule has 10 aromatic carbocycles. The lowest BCUT2D eigenvalue weighted by Gasteiger charge is -2.16. The van der Waals surface area contributed by atoms with E-state index in [9.17, 15) is 0 Å². The summed E-state index contributed by atoms with van der Waals surface area (Å²) in [5.41, 5.74) is 9.79. The van der Waals surface area contributed by atoms with E-state index < -0.39 is 0 Å². The van der Waals surface area contributed by atoms with Gasteiger partial charge in [0.15, 0.2) is 11.6 Å². The van der Waals surface area contributed by atoms with Gasteiger partial charge in [-0.15, -0.1) is 0 Å². The SMILES string of the molecule is c1ccc2cc3c(cc2c1)c1ccccc1n3-c1cc2oc3c4ccccc4ccc3c2cc1-c1nc(-c2cccc3c2oc2ccccc23)nc(-n2c3ccccc3c3ccccc32)n1. The van der Waals surface area contributed by atoms with Crippen LogP contribution in [0.15, 0.2) is 209 Å². The molecule has 0 saturated heterocycles. The molecule has 0 N–H and O–H groups in total. The van der Waals surface area contributed by atoms with E-state index in [1.807, 2.05) is 18.2 Å². The van der Waals surface area contributed by atoms with Gasteiger partial charge in [-0.3, -0.25) is 4.57 Å². The smallest absolute Gasteiger partial charge is 0.238 e. The van der Waals surface area contributed by atoms with E-state index in [-0.39, 0.29) is 0 Å². The van der Waals surface area contributed by atoms with E-state index in [0.717, 1.165) is 120 Å². The van der Waals surface area contributed by atoms with Crippen LogP contribution in [-0.2, 0) is 0 Å². The summed E-state index contributed by atoms with van der Waals surface area (Å²) in [5, 5.41) is 13.1. The van der Waals surface area contributed by atoms with E-state index in [4.69, 9.17) is 23.8 Å². The number of rotatable bonds is 4. The number of nitrogens with zero attached hydrogens (tertiary/aromatic N) is 5. The molecule has 0 saturated carbocycles. The monoisotopic (exact) mass is 843 g/mol. The van der Waals surface area contributed by atoms with Crippen LogP contribution >= 0.6 is 0 Å². The highest BCUT2D eigenvalue weighted by atomic mass is 16.3. The van der Waals surface area contributed by atoms with Gasteiger partial charge in [-0.25, -0.2) is 4.98 Å². The second-order valence-electron chi connectivity index (χ2n) is 17.1. The molecule has 15 aromatic rings. The van der Waals surface area contributed by atoms with Crippen molar-refractivity contribution in [2.24, 2.45) is 0 Å². The minimum Gasteiger partial charge on any atom is -0.455 e. The Bertz CT molecular complexity index is 4500. The van der Waals surface area contributed by atoms with Crippen molar-refractivity contribution >= 4 is 109 Å². The van der Waals surface area contributed by atoms with Crippen LogP contribution < -0.4 is 0 Å². The highest BCUT2D eigenvalue weighted by molar-refractivity contribution is 6.18. The first kappa shape index (κ1) is 35.4. The number of benzene rings is 10. The van der Waals surface area contributed by atoms with Crippen LogP contribution in [0.1, 0.15) is 0 Å². The van der Waals surface area contributed by atoms with Gasteiger partial charge in [0, 0.05) is 60.1 Å². The van der Waals surface area contributed by atoms with Crippen molar-refractivity contribution in [3.05, 3.63) is 200 Å². The zero-order valence-corrected chi connectivity index (χ0v) is 35.1. The van der Waals surface area contributed by atoms with Gasteiger partial charge in [0.05, 0.1) is 33.3 Å². The molecule has 66 heavy (non-hydrogen) atoms. The zero-order valence-electron chi connectivity index (χ0n) is 35.1. The van der Waals surface area contributed by atoms with Crippen LogP contribution in [0.4, 0.5) is 0 Å². The number of fused-ring (bicyclic) bond motifs is 15.